The van der Waals surface area contributed by atoms with Crippen molar-refractivity contribution in [2.75, 3.05) is 0 Å². The van der Waals surface area contributed by atoms with Gasteiger partial charge in [-0.1, -0.05) is 32.4 Å². The molecule has 0 spiro atoms. The Bertz CT molecular complexity index is 151. The van der Waals surface area contributed by atoms with Crippen LogP contribution in [0.3, 0.4) is 0 Å². The van der Waals surface area contributed by atoms with Crippen LogP contribution in [-0.4, -0.2) is 10.7 Å². The Balaban J connectivity index is 2.53. The van der Waals surface area contributed by atoms with E-state index in [-0.39, 0.29) is 0 Å². The van der Waals surface area contributed by atoms with Gasteiger partial charge in [0.1, 0.15) is 0 Å². The minimum absolute atomic E-state index is 0.471. The Morgan fingerprint density at radius 3 is 2.82 bits per heavy atom. The Kier molecular flexibility index (Phi) is 2.72. The van der Waals surface area contributed by atoms with Crippen LogP contribution >= 0.6 is 0 Å². The first-order valence-corrected chi connectivity index (χ1v) is 4.58. The lowest BCUT2D eigenvalue weighted by molar-refractivity contribution is 0.0601. The molecule has 0 aromatic rings. The van der Waals surface area contributed by atoms with Crippen molar-refractivity contribution in [3.63, 3.8) is 0 Å². The van der Waals surface area contributed by atoms with Crippen molar-refractivity contribution in [3.05, 3.63) is 12.2 Å². The van der Waals surface area contributed by atoms with E-state index in [1.165, 1.54) is 0 Å². The molecule has 0 heterocycles. The second-order valence-electron chi connectivity index (χ2n) is 3.73. The maximum atomic E-state index is 9.90. The lowest BCUT2D eigenvalue weighted by atomic mass is 9.83. The van der Waals surface area contributed by atoms with Gasteiger partial charge in [0.25, 0.3) is 0 Å². The molecule has 1 nitrogen and oxygen atoms in total. The zero-order chi connectivity index (χ0) is 8.32. The molecule has 0 saturated carbocycles. The van der Waals surface area contributed by atoms with Crippen molar-refractivity contribution >= 4 is 0 Å². The second-order valence-corrected chi connectivity index (χ2v) is 3.73. The third kappa shape index (κ3) is 2.33. The average Bonchev–Trinajstić information content (AvgIpc) is 1.97. The van der Waals surface area contributed by atoms with Crippen LogP contribution in [0.2, 0.25) is 0 Å². The molecule has 0 aromatic heterocycles. The first-order chi connectivity index (χ1) is 5.16. The highest BCUT2D eigenvalue weighted by atomic mass is 16.3. The lowest BCUT2D eigenvalue weighted by Gasteiger charge is -2.29. The summed E-state index contributed by atoms with van der Waals surface area (Å²) in [5.74, 6) is 0.659. The highest BCUT2D eigenvalue weighted by Gasteiger charge is 2.25. The number of rotatable bonds is 2. The van der Waals surface area contributed by atoms with Crippen LogP contribution < -0.4 is 0 Å². The fourth-order valence-electron chi connectivity index (χ4n) is 1.64. The summed E-state index contributed by atoms with van der Waals surface area (Å²) in [6, 6.07) is 0. The SMILES string of the molecule is CCCC1(O)C=CC(C)CC1. The first kappa shape index (κ1) is 8.79. The molecule has 0 aliphatic heterocycles. The van der Waals surface area contributed by atoms with Gasteiger partial charge in [-0.25, -0.2) is 0 Å². The van der Waals surface area contributed by atoms with E-state index in [2.05, 4.69) is 19.9 Å². The van der Waals surface area contributed by atoms with E-state index in [0.717, 1.165) is 25.7 Å². The molecule has 1 aliphatic carbocycles. The third-order valence-electron chi connectivity index (χ3n) is 2.45. The van der Waals surface area contributed by atoms with Crippen molar-refractivity contribution in [1.29, 1.82) is 0 Å². The number of allylic oxidation sites excluding steroid dienone is 1. The lowest BCUT2D eigenvalue weighted by Crippen LogP contribution is -2.28. The molecule has 11 heavy (non-hydrogen) atoms. The molecule has 0 amide bonds. The normalized spacial score (nSPS) is 37.5. The maximum absolute atomic E-state index is 9.90. The first-order valence-electron chi connectivity index (χ1n) is 4.58. The summed E-state index contributed by atoms with van der Waals surface area (Å²) in [6.07, 6.45) is 8.18. The molecule has 0 aromatic carbocycles. The standard InChI is InChI=1S/C10H18O/c1-3-6-10(11)7-4-9(2)5-8-10/h4,7,9,11H,3,5-6,8H2,1-2H3. The predicted molar refractivity (Wildman–Crippen MR) is 47.4 cm³/mol. The summed E-state index contributed by atoms with van der Waals surface area (Å²) < 4.78 is 0. The highest BCUT2D eigenvalue weighted by Crippen LogP contribution is 2.28. The van der Waals surface area contributed by atoms with Crippen LogP contribution in [0.1, 0.15) is 39.5 Å². The summed E-state index contributed by atoms with van der Waals surface area (Å²) in [4.78, 5) is 0. The fraction of sp³-hybridized carbons (Fsp3) is 0.800. The van der Waals surface area contributed by atoms with Crippen molar-refractivity contribution in [3.8, 4) is 0 Å². The van der Waals surface area contributed by atoms with Crippen LogP contribution in [-0.2, 0) is 0 Å². The Labute approximate surface area is 69.1 Å². The van der Waals surface area contributed by atoms with E-state index >= 15 is 0 Å². The molecule has 1 N–H and O–H groups in total. The van der Waals surface area contributed by atoms with E-state index in [1.807, 2.05) is 6.08 Å². The zero-order valence-electron chi connectivity index (χ0n) is 7.51. The summed E-state index contributed by atoms with van der Waals surface area (Å²) in [7, 11) is 0. The largest absolute Gasteiger partial charge is 0.386 e. The van der Waals surface area contributed by atoms with Crippen molar-refractivity contribution in [1.82, 2.24) is 0 Å². The van der Waals surface area contributed by atoms with E-state index < -0.39 is 5.60 Å². The Morgan fingerprint density at radius 1 is 1.64 bits per heavy atom. The summed E-state index contributed by atoms with van der Waals surface area (Å²) >= 11 is 0. The molecular weight excluding hydrogens is 136 g/mol. The van der Waals surface area contributed by atoms with Crippen molar-refractivity contribution in [2.24, 2.45) is 5.92 Å². The van der Waals surface area contributed by atoms with Crippen LogP contribution in [0.15, 0.2) is 12.2 Å². The summed E-state index contributed by atoms with van der Waals surface area (Å²) in [5.41, 5.74) is -0.471. The Hall–Kier alpha value is -0.300. The van der Waals surface area contributed by atoms with E-state index in [0.29, 0.717) is 5.92 Å². The maximum Gasteiger partial charge on any atom is 0.0827 e. The van der Waals surface area contributed by atoms with Gasteiger partial charge in [-0.2, -0.15) is 0 Å². The minimum Gasteiger partial charge on any atom is -0.386 e. The minimum atomic E-state index is -0.471. The van der Waals surface area contributed by atoms with Crippen molar-refractivity contribution < 1.29 is 5.11 Å². The zero-order valence-corrected chi connectivity index (χ0v) is 7.51. The Morgan fingerprint density at radius 2 is 2.36 bits per heavy atom. The third-order valence-corrected chi connectivity index (χ3v) is 2.45. The average molecular weight is 154 g/mol. The molecule has 1 heteroatoms. The van der Waals surface area contributed by atoms with Gasteiger partial charge in [0.05, 0.1) is 5.60 Å². The van der Waals surface area contributed by atoms with Gasteiger partial charge in [-0.3, -0.25) is 0 Å². The van der Waals surface area contributed by atoms with Crippen molar-refractivity contribution in [2.45, 2.75) is 45.1 Å². The van der Waals surface area contributed by atoms with Crippen LogP contribution in [0, 0.1) is 5.92 Å². The van der Waals surface area contributed by atoms with E-state index in [4.69, 9.17) is 0 Å². The van der Waals surface area contributed by atoms with Gasteiger partial charge < -0.3 is 5.11 Å². The van der Waals surface area contributed by atoms with Gasteiger partial charge >= 0.3 is 0 Å². The predicted octanol–water partition coefficient (Wildman–Crippen LogP) is 2.50. The molecule has 2 atom stereocenters. The number of hydrogen-bond donors (Lipinski definition) is 1. The van der Waals surface area contributed by atoms with E-state index in [9.17, 15) is 5.11 Å². The van der Waals surface area contributed by atoms with Gasteiger partial charge in [0.2, 0.25) is 0 Å². The highest BCUT2D eigenvalue weighted by molar-refractivity contribution is 5.06. The molecule has 1 aliphatic rings. The van der Waals surface area contributed by atoms with E-state index in [1.54, 1.807) is 0 Å². The smallest absolute Gasteiger partial charge is 0.0827 e. The topological polar surface area (TPSA) is 20.2 Å². The molecule has 2 unspecified atom stereocenters. The van der Waals surface area contributed by atoms with Gasteiger partial charge in [0, 0.05) is 0 Å². The van der Waals surface area contributed by atoms with Gasteiger partial charge in [0.15, 0.2) is 0 Å². The molecule has 0 saturated heterocycles. The molecule has 64 valence electrons. The number of hydrogen-bond acceptors (Lipinski definition) is 1. The van der Waals surface area contributed by atoms with Crippen LogP contribution in [0.5, 0.6) is 0 Å². The quantitative estimate of drug-likeness (QED) is 0.606. The monoisotopic (exact) mass is 154 g/mol. The van der Waals surface area contributed by atoms with Gasteiger partial charge in [-0.05, 0) is 25.2 Å². The fourth-order valence-corrected chi connectivity index (χ4v) is 1.64. The van der Waals surface area contributed by atoms with Gasteiger partial charge in [-0.15, -0.1) is 0 Å². The summed E-state index contributed by atoms with van der Waals surface area (Å²) in [5, 5.41) is 9.90. The van der Waals surface area contributed by atoms with Crippen LogP contribution in [0.4, 0.5) is 0 Å². The molecule has 0 radical (unpaired) electrons. The molecule has 0 bridgehead atoms. The molecule has 0 fully saturated rings. The molecule has 1 rings (SSSR count). The number of aliphatic hydroxyl groups is 1. The van der Waals surface area contributed by atoms with Crippen LogP contribution in [0.25, 0.3) is 0 Å². The molecular formula is C10H18O. The second kappa shape index (κ2) is 3.40. The summed E-state index contributed by atoms with van der Waals surface area (Å²) in [6.45, 7) is 4.31.